The lowest BCUT2D eigenvalue weighted by atomic mass is 9.99. The quantitative estimate of drug-likeness (QED) is 0.150. The Labute approximate surface area is 381 Å². The number of nitriles is 1. The van der Waals surface area contributed by atoms with Crippen molar-refractivity contribution >= 4 is 49.3 Å². The van der Waals surface area contributed by atoms with Crippen LogP contribution in [0.1, 0.15) is 5.56 Å². The summed E-state index contributed by atoms with van der Waals surface area (Å²) in [4.78, 5) is 13.5. The van der Waals surface area contributed by atoms with Crippen LogP contribution in [0.4, 0.5) is 5.69 Å². The summed E-state index contributed by atoms with van der Waals surface area (Å²) < 4.78 is 4.46. The Morgan fingerprint density at radius 3 is 1.29 bits per heavy atom. The monoisotopic (exact) mass is 840 g/mol. The van der Waals surface area contributed by atoms with E-state index in [-0.39, 0.29) is 0 Å². The summed E-state index contributed by atoms with van der Waals surface area (Å²) in [5.74, 6) is 0. The van der Waals surface area contributed by atoms with E-state index >= 15 is 0 Å². The van der Waals surface area contributed by atoms with Crippen LogP contribution >= 0.6 is 0 Å². The summed E-state index contributed by atoms with van der Waals surface area (Å²) in [5.41, 5.74) is 16.4. The zero-order chi connectivity index (χ0) is 44.1. The average Bonchev–Trinajstić information content (AvgIpc) is 3.91. The number of rotatable bonds is 7. The van der Waals surface area contributed by atoms with Crippen LogP contribution in [0.25, 0.3) is 116 Å². The minimum absolute atomic E-state index is 0.528. The lowest BCUT2D eigenvalue weighted by Crippen LogP contribution is -2.05. The van der Waals surface area contributed by atoms with E-state index in [1.165, 1.54) is 0 Å². The fourth-order valence-corrected chi connectivity index (χ4v) is 9.51. The van der Waals surface area contributed by atoms with Crippen molar-refractivity contribution in [3.8, 4) is 73.3 Å². The number of hydrogen-bond acceptors (Lipinski definition) is 3. The number of fused-ring (bicyclic) bond motifs is 6. The molecule has 4 heterocycles. The van der Waals surface area contributed by atoms with Crippen molar-refractivity contribution in [2.75, 3.05) is 0 Å². The lowest BCUT2D eigenvalue weighted by molar-refractivity contribution is 1.12. The van der Waals surface area contributed by atoms with Crippen molar-refractivity contribution in [2.45, 2.75) is 0 Å². The molecular formula is C60H36N6. The Morgan fingerprint density at radius 1 is 0.379 bits per heavy atom. The molecule has 0 atom stereocenters. The zero-order valence-electron chi connectivity index (χ0n) is 35.5. The molecule has 66 heavy (non-hydrogen) atoms. The minimum atomic E-state index is 0.528. The zero-order valence-corrected chi connectivity index (χ0v) is 35.5. The van der Waals surface area contributed by atoms with Gasteiger partial charge in [-0.1, -0.05) is 140 Å². The summed E-state index contributed by atoms with van der Waals surface area (Å²) in [5, 5.41) is 15.8. The first-order chi connectivity index (χ1) is 32.6. The molecule has 0 saturated heterocycles. The largest absolute Gasteiger partial charge is 0.308 e. The molecule has 0 spiro atoms. The first-order valence-electron chi connectivity index (χ1n) is 21.8. The highest BCUT2D eigenvalue weighted by Gasteiger charge is 2.23. The van der Waals surface area contributed by atoms with E-state index in [0.717, 1.165) is 111 Å². The molecule has 0 aliphatic carbocycles. The summed E-state index contributed by atoms with van der Waals surface area (Å²) in [6.07, 6.45) is 3.88. The molecule has 6 nitrogen and oxygen atoms in total. The highest BCUT2D eigenvalue weighted by Crippen LogP contribution is 2.42. The Hall–Kier alpha value is -9.36. The SMILES string of the molecule is [C-]#[N+]c1cccc(-c2cc(-n3c4ccccc4c4cc(-c5ccc(-c6ccccc6)nc5)ccc43)c(C#N)c(-n3c4ccccc4c4cc(-c5ccc(-c6ccccc6)nc5)ccc43)c2)c1. The number of pyridine rings is 2. The highest BCUT2D eigenvalue weighted by molar-refractivity contribution is 6.12. The van der Waals surface area contributed by atoms with Gasteiger partial charge in [-0.05, 0) is 89.0 Å². The van der Waals surface area contributed by atoms with Crippen molar-refractivity contribution < 1.29 is 0 Å². The molecule has 4 aromatic heterocycles. The number of benzene rings is 8. The van der Waals surface area contributed by atoms with Crippen LogP contribution in [0.15, 0.2) is 219 Å². The molecule has 0 aliphatic heterocycles. The number of hydrogen-bond donors (Lipinski definition) is 0. The van der Waals surface area contributed by atoms with E-state index in [1.54, 1.807) is 0 Å². The first-order valence-corrected chi connectivity index (χ1v) is 21.8. The maximum atomic E-state index is 11.5. The average molecular weight is 841 g/mol. The Balaban J connectivity index is 1.07. The fourth-order valence-electron chi connectivity index (χ4n) is 9.51. The van der Waals surface area contributed by atoms with Crippen molar-refractivity contribution in [1.82, 2.24) is 19.1 Å². The molecule has 0 unspecified atom stereocenters. The third-order valence-corrected chi connectivity index (χ3v) is 12.7. The third-order valence-electron chi connectivity index (χ3n) is 12.7. The van der Waals surface area contributed by atoms with Gasteiger partial charge in [0, 0.05) is 56.2 Å². The van der Waals surface area contributed by atoms with Crippen LogP contribution in [0, 0.1) is 17.9 Å². The van der Waals surface area contributed by atoms with Crippen LogP contribution in [0.2, 0.25) is 0 Å². The maximum absolute atomic E-state index is 11.5. The van der Waals surface area contributed by atoms with E-state index < -0.39 is 0 Å². The molecule has 8 aromatic carbocycles. The second-order valence-electron chi connectivity index (χ2n) is 16.4. The molecule has 306 valence electrons. The molecule has 0 saturated carbocycles. The van der Waals surface area contributed by atoms with E-state index in [9.17, 15) is 5.26 Å². The normalized spacial score (nSPS) is 11.3. The van der Waals surface area contributed by atoms with Gasteiger partial charge >= 0.3 is 0 Å². The van der Waals surface area contributed by atoms with Crippen molar-refractivity contribution in [2.24, 2.45) is 0 Å². The Kier molecular flexibility index (Phi) is 9.16. The van der Waals surface area contributed by atoms with Crippen LogP contribution < -0.4 is 0 Å². The summed E-state index contributed by atoms with van der Waals surface area (Å²) in [6.45, 7) is 7.86. The van der Waals surface area contributed by atoms with Gasteiger partial charge in [0.05, 0.1) is 51.4 Å². The van der Waals surface area contributed by atoms with Gasteiger partial charge in [-0.2, -0.15) is 5.26 Å². The summed E-state index contributed by atoms with van der Waals surface area (Å²) >= 11 is 0. The van der Waals surface area contributed by atoms with Gasteiger partial charge in [-0.15, -0.1) is 0 Å². The molecular weight excluding hydrogens is 805 g/mol. The van der Waals surface area contributed by atoms with Crippen LogP contribution in [0.5, 0.6) is 0 Å². The second kappa shape index (κ2) is 15.8. The van der Waals surface area contributed by atoms with E-state index in [4.69, 9.17) is 16.5 Å². The lowest BCUT2D eigenvalue weighted by Gasteiger charge is -2.18. The fraction of sp³-hybridized carbons (Fsp3) is 0. The number of nitrogens with zero attached hydrogens (tertiary/aromatic N) is 6. The number of para-hydroxylation sites is 2. The van der Waals surface area contributed by atoms with Crippen molar-refractivity contribution in [1.29, 1.82) is 5.26 Å². The van der Waals surface area contributed by atoms with Gasteiger partial charge in [0.1, 0.15) is 11.6 Å². The van der Waals surface area contributed by atoms with Crippen molar-refractivity contribution in [3.63, 3.8) is 0 Å². The molecule has 12 aromatic rings. The highest BCUT2D eigenvalue weighted by atomic mass is 15.0. The van der Waals surface area contributed by atoms with Crippen LogP contribution in [-0.2, 0) is 0 Å². The molecule has 0 aliphatic rings. The molecule has 6 heteroatoms. The summed E-state index contributed by atoms with van der Waals surface area (Å²) in [7, 11) is 0. The molecule has 0 amide bonds. The van der Waals surface area contributed by atoms with E-state index in [0.29, 0.717) is 11.3 Å². The van der Waals surface area contributed by atoms with Gasteiger partial charge in [0.2, 0.25) is 0 Å². The predicted octanol–water partition coefficient (Wildman–Crippen LogP) is 15.4. The smallest absolute Gasteiger partial charge is 0.187 e. The molecule has 0 fully saturated rings. The minimum Gasteiger partial charge on any atom is -0.308 e. The third kappa shape index (κ3) is 6.41. The van der Waals surface area contributed by atoms with Crippen LogP contribution in [-0.4, -0.2) is 19.1 Å². The van der Waals surface area contributed by atoms with Gasteiger partial charge in [0.25, 0.3) is 0 Å². The van der Waals surface area contributed by atoms with Crippen LogP contribution in [0.3, 0.4) is 0 Å². The summed E-state index contributed by atoms with van der Waals surface area (Å²) in [6, 6.07) is 73.3. The number of aromatic nitrogens is 4. The molecule has 0 bridgehead atoms. The Bertz CT molecular complexity index is 3700. The molecule has 0 N–H and O–H groups in total. The van der Waals surface area contributed by atoms with Gasteiger partial charge in [-0.3, -0.25) is 9.97 Å². The maximum Gasteiger partial charge on any atom is 0.187 e. The second-order valence-corrected chi connectivity index (χ2v) is 16.4. The topological polar surface area (TPSA) is 63.8 Å². The van der Waals surface area contributed by atoms with E-state index in [1.807, 2.05) is 73.1 Å². The van der Waals surface area contributed by atoms with Gasteiger partial charge < -0.3 is 9.13 Å². The van der Waals surface area contributed by atoms with Gasteiger partial charge in [-0.25, -0.2) is 4.85 Å². The standard InChI is InChI=1S/C60H36N6/c1-62-47-18-12-17-41(31-47)46-34-59(65-55-21-10-8-19-48(55)50-32-42(25-29-57(50)65)44-23-27-53(63-37-44)39-13-4-2-5-14-39)52(36-61)60(35-46)66-56-22-11-9-20-49(56)51-33-43(26-30-58(51)66)45-24-28-54(64-38-45)40-15-6-3-7-16-40/h2-35,37-38H. The van der Waals surface area contributed by atoms with E-state index in [2.05, 4.69) is 166 Å². The Morgan fingerprint density at radius 2 is 0.818 bits per heavy atom. The van der Waals surface area contributed by atoms with Gasteiger partial charge in [0.15, 0.2) is 5.69 Å². The molecule has 0 radical (unpaired) electrons. The van der Waals surface area contributed by atoms with Crippen molar-refractivity contribution in [3.05, 3.63) is 236 Å². The molecule has 12 rings (SSSR count). The first kappa shape index (κ1) is 38.3. The predicted molar refractivity (Wildman–Crippen MR) is 269 cm³/mol.